The van der Waals surface area contributed by atoms with Crippen LogP contribution in [0.25, 0.3) is 0 Å². The van der Waals surface area contributed by atoms with Crippen molar-refractivity contribution in [3.63, 3.8) is 0 Å². The molecule has 2 unspecified atom stereocenters. The first-order chi connectivity index (χ1) is 9.56. The molecule has 1 aromatic rings. The van der Waals surface area contributed by atoms with Gasteiger partial charge in [-0.15, -0.1) is 0 Å². The van der Waals surface area contributed by atoms with E-state index in [4.69, 9.17) is 0 Å². The van der Waals surface area contributed by atoms with Crippen molar-refractivity contribution in [2.75, 3.05) is 25.0 Å². The SMILES string of the molecule is CCCNc1cc(C)nc(CN2CC(C)SC(C)C2)n1. The number of rotatable bonds is 5. The van der Waals surface area contributed by atoms with Gasteiger partial charge in [-0.3, -0.25) is 4.90 Å². The highest BCUT2D eigenvalue weighted by atomic mass is 32.2. The third-order valence-corrected chi connectivity index (χ3v) is 4.54. The zero-order chi connectivity index (χ0) is 14.5. The van der Waals surface area contributed by atoms with E-state index in [0.29, 0.717) is 10.5 Å². The Morgan fingerprint density at radius 3 is 2.65 bits per heavy atom. The summed E-state index contributed by atoms with van der Waals surface area (Å²) in [6.45, 7) is 12.9. The molecule has 1 saturated heterocycles. The molecule has 0 radical (unpaired) electrons. The lowest BCUT2D eigenvalue weighted by atomic mass is 10.3. The summed E-state index contributed by atoms with van der Waals surface area (Å²) in [5.74, 6) is 1.90. The molecule has 1 aromatic heterocycles. The number of nitrogens with one attached hydrogen (secondary N) is 1. The van der Waals surface area contributed by atoms with E-state index >= 15 is 0 Å². The highest BCUT2D eigenvalue weighted by Gasteiger charge is 2.22. The molecular formula is C15H26N4S. The van der Waals surface area contributed by atoms with E-state index in [-0.39, 0.29) is 0 Å². The van der Waals surface area contributed by atoms with Crippen LogP contribution >= 0.6 is 11.8 Å². The van der Waals surface area contributed by atoms with Gasteiger partial charge in [-0.2, -0.15) is 11.8 Å². The maximum Gasteiger partial charge on any atom is 0.144 e. The van der Waals surface area contributed by atoms with Gasteiger partial charge in [0.15, 0.2) is 0 Å². The average molecular weight is 294 g/mol. The van der Waals surface area contributed by atoms with E-state index in [1.165, 1.54) is 0 Å². The summed E-state index contributed by atoms with van der Waals surface area (Å²) in [5, 5.41) is 4.75. The van der Waals surface area contributed by atoms with Crippen molar-refractivity contribution in [1.29, 1.82) is 0 Å². The Labute approximate surface area is 126 Å². The van der Waals surface area contributed by atoms with Crippen molar-refractivity contribution in [3.05, 3.63) is 17.6 Å². The molecule has 0 saturated carbocycles. The molecule has 0 aromatic carbocycles. The van der Waals surface area contributed by atoms with Gasteiger partial charge in [-0.05, 0) is 13.3 Å². The van der Waals surface area contributed by atoms with Crippen LogP contribution < -0.4 is 5.32 Å². The van der Waals surface area contributed by atoms with E-state index in [1.54, 1.807) is 0 Å². The Balaban J connectivity index is 2.02. The largest absolute Gasteiger partial charge is 0.370 e. The first kappa shape index (κ1) is 15.6. The number of aryl methyl sites for hydroxylation is 1. The molecule has 1 N–H and O–H groups in total. The molecular weight excluding hydrogens is 268 g/mol. The summed E-state index contributed by atoms with van der Waals surface area (Å²) in [5.41, 5.74) is 1.04. The van der Waals surface area contributed by atoms with Gasteiger partial charge in [0.25, 0.3) is 0 Å². The molecule has 0 aliphatic carbocycles. The minimum atomic E-state index is 0.696. The second kappa shape index (κ2) is 7.27. The van der Waals surface area contributed by atoms with Gasteiger partial charge >= 0.3 is 0 Å². The predicted octanol–water partition coefficient (Wildman–Crippen LogP) is 2.93. The van der Waals surface area contributed by atoms with Gasteiger partial charge in [0, 0.05) is 41.9 Å². The Kier molecular flexibility index (Phi) is 5.66. The Morgan fingerprint density at radius 1 is 1.30 bits per heavy atom. The van der Waals surface area contributed by atoms with E-state index < -0.39 is 0 Å². The molecule has 4 nitrogen and oxygen atoms in total. The smallest absolute Gasteiger partial charge is 0.144 e. The van der Waals surface area contributed by atoms with Crippen LogP contribution in [0.1, 0.15) is 38.7 Å². The number of nitrogens with zero attached hydrogens (tertiary/aromatic N) is 3. The van der Waals surface area contributed by atoms with Crippen molar-refractivity contribution >= 4 is 17.6 Å². The predicted molar refractivity (Wildman–Crippen MR) is 87.3 cm³/mol. The lowest BCUT2D eigenvalue weighted by Gasteiger charge is -2.34. The van der Waals surface area contributed by atoms with Gasteiger partial charge in [-0.25, -0.2) is 9.97 Å². The summed E-state index contributed by atoms with van der Waals surface area (Å²) in [4.78, 5) is 11.7. The fraction of sp³-hybridized carbons (Fsp3) is 0.733. The van der Waals surface area contributed by atoms with Gasteiger partial charge in [0.1, 0.15) is 11.6 Å². The number of thioether (sulfide) groups is 1. The summed E-state index contributed by atoms with van der Waals surface area (Å²) in [7, 11) is 0. The number of anilines is 1. The maximum absolute atomic E-state index is 4.64. The van der Waals surface area contributed by atoms with Crippen molar-refractivity contribution in [2.24, 2.45) is 0 Å². The van der Waals surface area contributed by atoms with Crippen LogP contribution in [0.2, 0.25) is 0 Å². The van der Waals surface area contributed by atoms with Gasteiger partial charge in [-0.1, -0.05) is 20.8 Å². The molecule has 2 heterocycles. The van der Waals surface area contributed by atoms with Crippen LogP contribution in [0.5, 0.6) is 0 Å². The Bertz CT molecular complexity index is 428. The zero-order valence-corrected chi connectivity index (χ0v) is 13.8. The second-order valence-electron chi connectivity index (χ2n) is 5.69. The highest BCUT2D eigenvalue weighted by Crippen LogP contribution is 2.25. The van der Waals surface area contributed by atoms with Crippen LogP contribution in [-0.4, -0.2) is 45.0 Å². The summed E-state index contributed by atoms with van der Waals surface area (Å²) >= 11 is 2.08. The van der Waals surface area contributed by atoms with Crippen molar-refractivity contribution in [3.8, 4) is 0 Å². The van der Waals surface area contributed by atoms with Crippen molar-refractivity contribution in [1.82, 2.24) is 14.9 Å². The molecule has 5 heteroatoms. The van der Waals surface area contributed by atoms with Crippen LogP contribution in [-0.2, 0) is 6.54 Å². The van der Waals surface area contributed by atoms with Crippen LogP contribution in [0.3, 0.4) is 0 Å². The fourth-order valence-electron chi connectivity index (χ4n) is 2.66. The molecule has 112 valence electrons. The summed E-state index contributed by atoms with van der Waals surface area (Å²) in [6, 6.07) is 2.02. The van der Waals surface area contributed by atoms with E-state index in [2.05, 4.69) is 52.7 Å². The van der Waals surface area contributed by atoms with Crippen LogP contribution in [0.15, 0.2) is 6.07 Å². The normalized spacial score (nSPS) is 23.8. The molecule has 0 bridgehead atoms. The number of hydrogen-bond acceptors (Lipinski definition) is 5. The molecule has 2 atom stereocenters. The molecule has 20 heavy (non-hydrogen) atoms. The Morgan fingerprint density at radius 2 is 2.00 bits per heavy atom. The van der Waals surface area contributed by atoms with Gasteiger partial charge in [0.2, 0.25) is 0 Å². The first-order valence-electron chi connectivity index (χ1n) is 7.53. The summed E-state index contributed by atoms with van der Waals surface area (Å²) in [6.07, 6.45) is 1.11. The summed E-state index contributed by atoms with van der Waals surface area (Å²) < 4.78 is 0. The third kappa shape index (κ3) is 4.63. The topological polar surface area (TPSA) is 41.1 Å². The third-order valence-electron chi connectivity index (χ3n) is 3.32. The Hall–Kier alpha value is -0.810. The minimum Gasteiger partial charge on any atom is -0.370 e. The number of hydrogen-bond donors (Lipinski definition) is 1. The number of aromatic nitrogens is 2. The minimum absolute atomic E-state index is 0.696. The monoisotopic (exact) mass is 294 g/mol. The van der Waals surface area contributed by atoms with Crippen molar-refractivity contribution in [2.45, 2.75) is 51.2 Å². The standard InChI is InChI=1S/C15H26N4S/c1-5-6-16-14-7-11(2)17-15(18-14)10-19-8-12(3)20-13(4)9-19/h7,12-13H,5-6,8-10H2,1-4H3,(H,16,17,18). The lowest BCUT2D eigenvalue weighted by Crippen LogP contribution is -2.40. The molecule has 1 aliphatic heterocycles. The molecule has 1 fully saturated rings. The van der Waals surface area contributed by atoms with Gasteiger partial charge in [0.05, 0.1) is 6.54 Å². The molecule has 0 spiro atoms. The highest BCUT2D eigenvalue weighted by molar-refractivity contribution is 8.00. The molecule has 2 rings (SSSR count). The van der Waals surface area contributed by atoms with E-state index in [1.807, 2.05) is 13.0 Å². The molecule has 1 aliphatic rings. The zero-order valence-electron chi connectivity index (χ0n) is 13.0. The lowest BCUT2D eigenvalue weighted by molar-refractivity contribution is 0.256. The fourth-order valence-corrected chi connectivity index (χ4v) is 4.04. The van der Waals surface area contributed by atoms with E-state index in [0.717, 1.165) is 49.9 Å². The first-order valence-corrected chi connectivity index (χ1v) is 8.47. The maximum atomic E-state index is 4.64. The van der Waals surface area contributed by atoms with Crippen LogP contribution in [0, 0.1) is 6.92 Å². The molecule has 0 amide bonds. The van der Waals surface area contributed by atoms with Crippen molar-refractivity contribution < 1.29 is 0 Å². The quantitative estimate of drug-likeness (QED) is 0.904. The van der Waals surface area contributed by atoms with Crippen LogP contribution in [0.4, 0.5) is 5.82 Å². The average Bonchev–Trinajstić information content (AvgIpc) is 2.34. The second-order valence-corrected chi connectivity index (χ2v) is 7.57. The van der Waals surface area contributed by atoms with Gasteiger partial charge < -0.3 is 5.32 Å². The van der Waals surface area contributed by atoms with E-state index in [9.17, 15) is 0 Å².